The quantitative estimate of drug-likeness (QED) is 0.422. The highest BCUT2D eigenvalue weighted by Crippen LogP contribution is 2.10. The molecule has 0 aromatic rings. The maximum absolute atomic E-state index is 12.0. The fraction of sp³-hybridized carbons (Fsp3) is 0.700. The van der Waals surface area contributed by atoms with E-state index in [9.17, 15) is 4.79 Å². The van der Waals surface area contributed by atoms with Crippen LogP contribution in [0.2, 0.25) is 0 Å². The largest absolute Gasteiger partial charge is 0.370 e. The monoisotopic (exact) mass is 240 g/mol. The van der Waals surface area contributed by atoms with Gasteiger partial charge in [0.2, 0.25) is 11.9 Å². The van der Waals surface area contributed by atoms with Gasteiger partial charge in [-0.15, -0.1) is 0 Å². The van der Waals surface area contributed by atoms with Crippen LogP contribution in [0, 0.1) is 0 Å². The highest BCUT2D eigenvalue weighted by atomic mass is 16.2. The summed E-state index contributed by atoms with van der Waals surface area (Å²) in [5, 5.41) is 0. The number of piperidine rings is 1. The number of likely N-dealkylation sites (tertiary alicyclic amines) is 1. The van der Waals surface area contributed by atoms with E-state index in [1.807, 2.05) is 0 Å². The second-order valence-electron chi connectivity index (χ2n) is 4.09. The number of aliphatic imine (C=N–C) groups is 2. The van der Waals surface area contributed by atoms with Gasteiger partial charge in [0.15, 0.2) is 5.96 Å². The molecule has 17 heavy (non-hydrogen) atoms. The van der Waals surface area contributed by atoms with Gasteiger partial charge in [0.25, 0.3) is 0 Å². The lowest BCUT2D eigenvalue weighted by Gasteiger charge is -2.28. The van der Waals surface area contributed by atoms with Crippen LogP contribution < -0.4 is 17.2 Å². The first-order valence-electron chi connectivity index (χ1n) is 5.72. The maximum Gasteiger partial charge on any atom is 0.247 e. The Hall–Kier alpha value is -1.79. The van der Waals surface area contributed by atoms with Gasteiger partial charge in [0.1, 0.15) is 6.04 Å². The number of guanidine groups is 2. The molecule has 0 aromatic carbocycles. The van der Waals surface area contributed by atoms with Crippen LogP contribution in [0.3, 0.4) is 0 Å². The van der Waals surface area contributed by atoms with E-state index in [-0.39, 0.29) is 17.8 Å². The molecular weight excluding hydrogens is 220 g/mol. The molecular formula is C10H20N6O. The molecule has 7 nitrogen and oxygen atoms in total. The van der Waals surface area contributed by atoms with E-state index < -0.39 is 6.04 Å². The zero-order chi connectivity index (χ0) is 12.8. The molecule has 0 aliphatic carbocycles. The second-order valence-corrected chi connectivity index (χ2v) is 4.09. The van der Waals surface area contributed by atoms with Crippen molar-refractivity contribution in [3.05, 3.63) is 0 Å². The summed E-state index contributed by atoms with van der Waals surface area (Å²) >= 11 is 0. The number of hydrogen-bond donors (Lipinski definition) is 3. The number of nitrogens with zero attached hydrogens (tertiary/aromatic N) is 3. The van der Waals surface area contributed by atoms with Gasteiger partial charge in [-0.3, -0.25) is 4.79 Å². The molecule has 0 aromatic heterocycles. The Bertz CT molecular complexity index is 328. The molecule has 1 saturated heterocycles. The predicted molar refractivity (Wildman–Crippen MR) is 67.3 cm³/mol. The molecule has 1 aliphatic rings. The number of hydrogen-bond acceptors (Lipinski definition) is 2. The predicted octanol–water partition coefficient (Wildman–Crippen LogP) is -1.02. The molecule has 1 fully saturated rings. The van der Waals surface area contributed by atoms with E-state index in [1.54, 1.807) is 11.8 Å². The summed E-state index contributed by atoms with van der Waals surface area (Å²) in [6, 6.07) is -0.545. The summed E-state index contributed by atoms with van der Waals surface area (Å²) in [7, 11) is 0. The van der Waals surface area contributed by atoms with Gasteiger partial charge in [-0.1, -0.05) is 0 Å². The molecule has 6 N–H and O–H groups in total. The normalized spacial score (nSPS) is 18.6. The van der Waals surface area contributed by atoms with Crippen LogP contribution in [-0.2, 0) is 4.79 Å². The van der Waals surface area contributed by atoms with E-state index in [0.717, 1.165) is 25.9 Å². The van der Waals surface area contributed by atoms with E-state index in [4.69, 9.17) is 17.2 Å². The van der Waals surface area contributed by atoms with E-state index in [0.29, 0.717) is 0 Å². The zero-order valence-corrected chi connectivity index (χ0v) is 10.1. The van der Waals surface area contributed by atoms with Crippen LogP contribution >= 0.6 is 0 Å². The third-order valence-corrected chi connectivity index (χ3v) is 2.59. The van der Waals surface area contributed by atoms with Crippen LogP contribution in [0.5, 0.6) is 0 Å². The fourth-order valence-electron chi connectivity index (χ4n) is 1.79. The summed E-state index contributed by atoms with van der Waals surface area (Å²) < 4.78 is 0. The summed E-state index contributed by atoms with van der Waals surface area (Å²) in [5.41, 5.74) is 15.8. The van der Waals surface area contributed by atoms with E-state index >= 15 is 0 Å². The summed E-state index contributed by atoms with van der Waals surface area (Å²) in [6.07, 6.45) is 3.27. The molecule has 0 bridgehead atoms. The van der Waals surface area contributed by atoms with Gasteiger partial charge < -0.3 is 22.1 Å². The molecule has 1 rings (SSSR count). The first kappa shape index (κ1) is 13.3. The van der Waals surface area contributed by atoms with E-state index in [2.05, 4.69) is 9.98 Å². The number of amides is 1. The van der Waals surface area contributed by atoms with Gasteiger partial charge in [-0.05, 0) is 26.2 Å². The molecule has 1 atom stereocenters. The fourth-order valence-corrected chi connectivity index (χ4v) is 1.79. The minimum Gasteiger partial charge on any atom is -0.370 e. The lowest BCUT2D eigenvalue weighted by Crippen LogP contribution is -2.41. The summed E-state index contributed by atoms with van der Waals surface area (Å²) in [5.74, 6) is -0.259. The topological polar surface area (TPSA) is 123 Å². The Labute approximate surface area is 101 Å². The Balaban J connectivity index is 2.59. The van der Waals surface area contributed by atoms with Crippen molar-refractivity contribution in [2.45, 2.75) is 32.2 Å². The molecule has 1 amide bonds. The van der Waals surface area contributed by atoms with Crippen LogP contribution in [0.1, 0.15) is 26.2 Å². The SMILES string of the molecule is CC(N=C(N)N=C(N)N)C(=O)N1CCCCC1. The molecule has 96 valence electrons. The molecule has 7 heteroatoms. The van der Waals surface area contributed by atoms with Gasteiger partial charge >= 0.3 is 0 Å². The number of carbonyl (C=O) groups is 1. The highest BCUT2D eigenvalue weighted by Gasteiger charge is 2.21. The third kappa shape index (κ3) is 4.29. The zero-order valence-electron chi connectivity index (χ0n) is 10.1. The third-order valence-electron chi connectivity index (χ3n) is 2.59. The summed E-state index contributed by atoms with van der Waals surface area (Å²) in [4.78, 5) is 21.3. The smallest absolute Gasteiger partial charge is 0.247 e. The Morgan fingerprint density at radius 3 is 2.29 bits per heavy atom. The van der Waals surface area contributed by atoms with E-state index in [1.165, 1.54) is 6.42 Å². The minimum absolute atomic E-state index is 0.0292. The van der Waals surface area contributed by atoms with Gasteiger partial charge in [-0.25, -0.2) is 4.99 Å². The molecule has 0 radical (unpaired) electrons. The molecule has 1 heterocycles. The van der Waals surface area contributed by atoms with Gasteiger partial charge in [-0.2, -0.15) is 4.99 Å². The van der Waals surface area contributed by atoms with Gasteiger partial charge in [0.05, 0.1) is 0 Å². The molecule has 0 spiro atoms. The number of rotatable bonds is 2. The molecule has 0 saturated carbocycles. The maximum atomic E-state index is 12.0. The van der Waals surface area contributed by atoms with Crippen molar-refractivity contribution in [2.75, 3.05) is 13.1 Å². The highest BCUT2D eigenvalue weighted by molar-refractivity contribution is 5.94. The van der Waals surface area contributed by atoms with Crippen molar-refractivity contribution in [3.8, 4) is 0 Å². The standard InChI is InChI=1S/C10H20N6O/c1-7(14-10(13)15-9(11)12)8(17)16-5-3-2-4-6-16/h7H,2-6H2,1H3,(H6,11,12,13,14,15). The van der Waals surface area contributed by atoms with Crippen LogP contribution in [0.4, 0.5) is 0 Å². The average molecular weight is 240 g/mol. The van der Waals surface area contributed by atoms with Crippen molar-refractivity contribution in [3.63, 3.8) is 0 Å². The number of carbonyl (C=O) groups excluding carboxylic acids is 1. The number of nitrogens with two attached hydrogens (primary N) is 3. The van der Waals surface area contributed by atoms with Crippen LogP contribution in [0.25, 0.3) is 0 Å². The van der Waals surface area contributed by atoms with Crippen molar-refractivity contribution in [1.29, 1.82) is 0 Å². The van der Waals surface area contributed by atoms with Crippen LogP contribution in [-0.4, -0.2) is 41.9 Å². The van der Waals surface area contributed by atoms with Crippen molar-refractivity contribution < 1.29 is 4.79 Å². The lowest BCUT2D eigenvalue weighted by molar-refractivity contribution is -0.132. The second kappa shape index (κ2) is 6.07. The van der Waals surface area contributed by atoms with Gasteiger partial charge in [0, 0.05) is 13.1 Å². The van der Waals surface area contributed by atoms with Crippen molar-refractivity contribution in [1.82, 2.24) is 4.90 Å². The first-order valence-corrected chi connectivity index (χ1v) is 5.72. The van der Waals surface area contributed by atoms with Crippen molar-refractivity contribution >= 4 is 17.8 Å². The van der Waals surface area contributed by atoms with Crippen LogP contribution in [0.15, 0.2) is 9.98 Å². The summed E-state index contributed by atoms with van der Waals surface area (Å²) in [6.45, 7) is 3.27. The molecule has 1 unspecified atom stereocenters. The average Bonchev–Trinajstić information content (AvgIpc) is 2.28. The Morgan fingerprint density at radius 2 is 1.76 bits per heavy atom. The Morgan fingerprint density at radius 1 is 1.18 bits per heavy atom. The molecule has 1 aliphatic heterocycles. The lowest BCUT2D eigenvalue weighted by atomic mass is 10.1. The first-order chi connectivity index (χ1) is 8.00. The Kier molecular flexibility index (Phi) is 4.74. The van der Waals surface area contributed by atoms with Crippen molar-refractivity contribution in [2.24, 2.45) is 27.2 Å². The minimum atomic E-state index is -0.545.